The summed E-state index contributed by atoms with van der Waals surface area (Å²) in [6.45, 7) is 4.40. The zero-order chi connectivity index (χ0) is 12.1. The third kappa shape index (κ3) is 4.00. The van der Waals surface area contributed by atoms with Gasteiger partial charge in [-0.05, 0) is 24.7 Å². The molecule has 0 saturated carbocycles. The molecule has 2 N–H and O–H groups in total. The molecule has 0 bridgehead atoms. The molecule has 2 rings (SSSR count). The SMILES string of the molecule is CN(Cc1cccc(O)c1)CC1CNCCO1. The Morgan fingerprint density at radius 2 is 2.41 bits per heavy atom. The van der Waals surface area contributed by atoms with Crippen molar-refractivity contribution in [2.24, 2.45) is 0 Å². The normalized spacial score (nSPS) is 20.7. The van der Waals surface area contributed by atoms with E-state index in [0.29, 0.717) is 5.75 Å². The quantitative estimate of drug-likeness (QED) is 0.812. The molecule has 1 saturated heterocycles. The van der Waals surface area contributed by atoms with E-state index in [1.807, 2.05) is 12.1 Å². The van der Waals surface area contributed by atoms with E-state index in [2.05, 4.69) is 17.3 Å². The Labute approximate surface area is 102 Å². The maximum atomic E-state index is 9.39. The summed E-state index contributed by atoms with van der Waals surface area (Å²) in [4.78, 5) is 2.21. The molecule has 1 aromatic carbocycles. The zero-order valence-corrected chi connectivity index (χ0v) is 10.2. The second kappa shape index (κ2) is 6.00. The van der Waals surface area contributed by atoms with Gasteiger partial charge in [-0.25, -0.2) is 0 Å². The molecule has 0 aliphatic carbocycles. The van der Waals surface area contributed by atoms with E-state index >= 15 is 0 Å². The van der Waals surface area contributed by atoms with E-state index in [0.717, 1.165) is 38.3 Å². The summed E-state index contributed by atoms with van der Waals surface area (Å²) < 4.78 is 5.66. The van der Waals surface area contributed by atoms with Crippen molar-refractivity contribution >= 4 is 0 Å². The molecule has 0 aromatic heterocycles. The Kier molecular flexibility index (Phi) is 4.36. The summed E-state index contributed by atoms with van der Waals surface area (Å²) in [5.74, 6) is 0.325. The molecule has 1 atom stereocenters. The molecule has 1 heterocycles. The van der Waals surface area contributed by atoms with Gasteiger partial charge < -0.3 is 15.2 Å². The molecule has 1 fully saturated rings. The van der Waals surface area contributed by atoms with Crippen LogP contribution in [0.15, 0.2) is 24.3 Å². The Morgan fingerprint density at radius 1 is 1.53 bits per heavy atom. The van der Waals surface area contributed by atoms with Crippen LogP contribution < -0.4 is 5.32 Å². The highest BCUT2D eigenvalue weighted by atomic mass is 16.5. The first-order valence-electron chi connectivity index (χ1n) is 6.03. The second-order valence-electron chi connectivity index (χ2n) is 4.56. The van der Waals surface area contributed by atoms with Crippen molar-refractivity contribution in [3.8, 4) is 5.75 Å². The van der Waals surface area contributed by atoms with Crippen LogP contribution in [0.5, 0.6) is 5.75 Å². The number of rotatable bonds is 4. The summed E-state index contributed by atoms with van der Waals surface area (Å²) in [7, 11) is 2.07. The van der Waals surface area contributed by atoms with Crippen molar-refractivity contribution in [2.75, 3.05) is 33.3 Å². The molecule has 1 aliphatic rings. The number of nitrogens with one attached hydrogen (secondary N) is 1. The van der Waals surface area contributed by atoms with Gasteiger partial charge in [0.25, 0.3) is 0 Å². The highest BCUT2D eigenvalue weighted by Gasteiger charge is 2.15. The largest absolute Gasteiger partial charge is 0.508 e. The van der Waals surface area contributed by atoms with Crippen LogP contribution in [0.2, 0.25) is 0 Å². The number of nitrogens with zero attached hydrogens (tertiary/aromatic N) is 1. The Morgan fingerprint density at radius 3 is 3.12 bits per heavy atom. The summed E-state index contributed by atoms with van der Waals surface area (Å²) in [5, 5.41) is 12.7. The van der Waals surface area contributed by atoms with E-state index < -0.39 is 0 Å². The van der Waals surface area contributed by atoms with Gasteiger partial charge in [0.05, 0.1) is 12.7 Å². The predicted molar refractivity (Wildman–Crippen MR) is 67.1 cm³/mol. The highest BCUT2D eigenvalue weighted by molar-refractivity contribution is 5.26. The van der Waals surface area contributed by atoms with Crippen LogP contribution in [0, 0.1) is 0 Å². The van der Waals surface area contributed by atoms with Gasteiger partial charge >= 0.3 is 0 Å². The molecular formula is C13H20N2O2. The first-order valence-corrected chi connectivity index (χ1v) is 6.03. The van der Waals surface area contributed by atoms with Crippen LogP contribution in [-0.4, -0.2) is 49.4 Å². The van der Waals surface area contributed by atoms with Crippen LogP contribution in [0.1, 0.15) is 5.56 Å². The van der Waals surface area contributed by atoms with Crippen molar-refractivity contribution in [1.29, 1.82) is 0 Å². The maximum Gasteiger partial charge on any atom is 0.115 e. The molecule has 0 spiro atoms. The summed E-state index contributed by atoms with van der Waals surface area (Å²) in [6.07, 6.45) is 0.269. The Hall–Kier alpha value is -1.10. The number of phenolic OH excluding ortho intramolecular Hbond substituents is 1. The number of hydrogen-bond acceptors (Lipinski definition) is 4. The number of hydrogen-bond donors (Lipinski definition) is 2. The maximum absolute atomic E-state index is 9.39. The lowest BCUT2D eigenvalue weighted by atomic mass is 10.2. The van der Waals surface area contributed by atoms with Gasteiger partial charge in [-0.3, -0.25) is 4.90 Å². The van der Waals surface area contributed by atoms with Crippen molar-refractivity contribution in [2.45, 2.75) is 12.6 Å². The minimum Gasteiger partial charge on any atom is -0.508 e. The molecule has 1 unspecified atom stereocenters. The molecule has 4 heteroatoms. The molecule has 1 aromatic rings. The van der Waals surface area contributed by atoms with E-state index in [9.17, 15) is 5.11 Å². The minimum absolute atomic E-state index is 0.269. The fourth-order valence-electron chi connectivity index (χ4n) is 2.12. The standard InChI is InChI=1S/C13H20N2O2/c1-15(10-13-8-14-5-6-17-13)9-11-3-2-4-12(16)7-11/h2-4,7,13-14,16H,5-6,8-10H2,1H3. The van der Waals surface area contributed by atoms with Gasteiger partial charge in [0.2, 0.25) is 0 Å². The predicted octanol–water partition coefficient (Wildman–Crippen LogP) is 0.812. The number of benzene rings is 1. The third-order valence-corrected chi connectivity index (χ3v) is 2.88. The number of ether oxygens (including phenoxy) is 1. The van der Waals surface area contributed by atoms with Gasteiger partial charge in [0, 0.05) is 26.2 Å². The molecule has 1 aliphatic heterocycles. The van der Waals surface area contributed by atoms with Gasteiger partial charge in [-0.15, -0.1) is 0 Å². The molecular weight excluding hydrogens is 216 g/mol. The Bertz CT molecular complexity index is 351. The average molecular weight is 236 g/mol. The van der Waals surface area contributed by atoms with Gasteiger partial charge in [0.15, 0.2) is 0 Å². The summed E-state index contributed by atoms with van der Waals surface area (Å²) in [5.41, 5.74) is 1.12. The van der Waals surface area contributed by atoms with Gasteiger partial charge in [-0.2, -0.15) is 0 Å². The topological polar surface area (TPSA) is 44.7 Å². The third-order valence-electron chi connectivity index (χ3n) is 2.88. The number of aromatic hydroxyl groups is 1. The molecule has 4 nitrogen and oxygen atoms in total. The van der Waals surface area contributed by atoms with Crippen molar-refractivity contribution in [3.05, 3.63) is 29.8 Å². The van der Waals surface area contributed by atoms with Gasteiger partial charge in [-0.1, -0.05) is 12.1 Å². The molecule has 0 amide bonds. The van der Waals surface area contributed by atoms with E-state index in [1.165, 1.54) is 0 Å². The van der Waals surface area contributed by atoms with E-state index in [-0.39, 0.29) is 6.10 Å². The lowest BCUT2D eigenvalue weighted by Gasteiger charge is -2.28. The second-order valence-corrected chi connectivity index (χ2v) is 4.56. The van der Waals surface area contributed by atoms with Gasteiger partial charge in [0.1, 0.15) is 5.75 Å². The fourth-order valence-corrected chi connectivity index (χ4v) is 2.12. The van der Waals surface area contributed by atoms with Crippen LogP contribution in [-0.2, 0) is 11.3 Å². The van der Waals surface area contributed by atoms with Crippen molar-refractivity contribution in [1.82, 2.24) is 10.2 Å². The first-order chi connectivity index (χ1) is 8.24. The van der Waals surface area contributed by atoms with Crippen molar-refractivity contribution in [3.63, 3.8) is 0 Å². The lowest BCUT2D eigenvalue weighted by molar-refractivity contribution is 0.00884. The lowest BCUT2D eigenvalue weighted by Crippen LogP contribution is -2.44. The fraction of sp³-hybridized carbons (Fsp3) is 0.538. The number of morpholine rings is 1. The van der Waals surface area contributed by atoms with Crippen LogP contribution in [0.3, 0.4) is 0 Å². The van der Waals surface area contributed by atoms with Crippen LogP contribution >= 0.6 is 0 Å². The minimum atomic E-state index is 0.269. The summed E-state index contributed by atoms with van der Waals surface area (Å²) in [6, 6.07) is 7.39. The molecule has 17 heavy (non-hydrogen) atoms. The average Bonchev–Trinajstić information content (AvgIpc) is 2.30. The summed E-state index contributed by atoms with van der Waals surface area (Å²) >= 11 is 0. The van der Waals surface area contributed by atoms with E-state index in [1.54, 1.807) is 12.1 Å². The first kappa shape index (κ1) is 12.4. The van der Waals surface area contributed by atoms with E-state index in [4.69, 9.17) is 4.74 Å². The highest BCUT2D eigenvalue weighted by Crippen LogP contribution is 2.12. The Balaban J connectivity index is 1.82. The molecule has 94 valence electrons. The smallest absolute Gasteiger partial charge is 0.115 e. The van der Waals surface area contributed by atoms with Crippen molar-refractivity contribution < 1.29 is 9.84 Å². The monoisotopic (exact) mass is 236 g/mol. The number of phenols is 1. The molecule has 0 radical (unpaired) electrons. The van der Waals surface area contributed by atoms with Crippen LogP contribution in [0.4, 0.5) is 0 Å². The van der Waals surface area contributed by atoms with Crippen LogP contribution in [0.25, 0.3) is 0 Å². The number of likely N-dealkylation sites (N-methyl/N-ethyl adjacent to an activating group) is 1. The zero-order valence-electron chi connectivity index (χ0n) is 10.2.